The summed E-state index contributed by atoms with van der Waals surface area (Å²) in [5, 5.41) is 2.92. The molecule has 1 fully saturated rings. The van der Waals surface area contributed by atoms with Crippen molar-refractivity contribution in [3.05, 3.63) is 78.3 Å². The summed E-state index contributed by atoms with van der Waals surface area (Å²) in [5.74, 6) is 1.23. The lowest BCUT2D eigenvalue weighted by Crippen LogP contribution is -2.34. The van der Waals surface area contributed by atoms with Gasteiger partial charge in [-0.3, -0.25) is 9.52 Å². The first kappa shape index (κ1) is 20.0. The molecule has 0 bridgehead atoms. The van der Waals surface area contributed by atoms with Crippen molar-refractivity contribution in [1.29, 1.82) is 0 Å². The van der Waals surface area contributed by atoms with Gasteiger partial charge in [-0.05, 0) is 66.9 Å². The molecule has 1 aliphatic carbocycles. The third kappa shape index (κ3) is 4.04. The lowest BCUT2D eigenvalue weighted by molar-refractivity contribution is -0.123. The van der Waals surface area contributed by atoms with Gasteiger partial charge in [-0.15, -0.1) is 0 Å². The van der Waals surface area contributed by atoms with Crippen LogP contribution in [0.4, 0.5) is 5.69 Å². The minimum Gasteiger partial charge on any atom is -0.497 e. The van der Waals surface area contributed by atoms with Crippen molar-refractivity contribution in [2.24, 2.45) is 0 Å². The molecular formula is C22H22N2O5S. The minimum absolute atomic E-state index is 0.0505. The number of furan rings is 1. The molecule has 3 aromatic rings. The van der Waals surface area contributed by atoms with Crippen molar-refractivity contribution >= 4 is 21.6 Å². The molecule has 0 atom stereocenters. The number of nitrogens with one attached hydrogen (secondary N) is 2. The highest BCUT2D eigenvalue weighted by Crippen LogP contribution is 2.48. The van der Waals surface area contributed by atoms with Crippen molar-refractivity contribution in [3.8, 4) is 5.75 Å². The first-order valence-electron chi connectivity index (χ1n) is 9.51. The largest absolute Gasteiger partial charge is 0.497 e. The fraction of sp³-hybridized carbons (Fsp3) is 0.227. The number of methoxy groups -OCH3 is 1. The Morgan fingerprint density at radius 3 is 2.33 bits per heavy atom. The van der Waals surface area contributed by atoms with Gasteiger partial charge < -0.3 is 14.5 Å². The van der Waals surface area contributed by atoms with Crippen LogP contribution in [-0.4, -0.2) is 21.4 Å². The van der Waals surface area contributed by atoms with E-state index in [0.717, 1.165) is 18.4 Å². The fourth-order valence-corrected chi connectivity index (χ4v) is 4.41. The van der Waals surface area contributed by atoms with E-state index in [0.29, 0.717) is 23.7 Å². The molecule has 1 aromatic heterocycles. The predicted octanol–water partition coefficient (Wildman–Crippen LogP) is 3.44. The average molecular weight is 426 g/mol. The maximum absolute atomic E-state index is 12.7. The van der Waals surface area contributed by atoms with Crippen molar-refractivity contribution < 1.29 is 22.4 Å². The summed E-state index contributed by atoms with van der Waals surface area (Å²) in [6.45, 7) is 0.341. The minimum atomic E-state index is -3.72. The molecule has 0 unspecified atom stereocenters. The number of sulfonamides is 1. The fourth-order valence-electron chi connectivity index (χ4n) is 3.35. The second-order valence-corrected chi connectivity index (χ2v) is 8.88. The Morgan fingerprint density at radius 2 is 1.77 bits per heavy atom. The molecule has 2 N–H and O–H groups in total. The Labute approximate surface area is 175 Å². The molecule has 30 heavy (non-hydrogen) atoms. The van der Waals surface area contributed by atoms with Crippen molar-refractivity contribution in [2.45, 2.75) is 29.7 Å². The Bertz CT molecular complexity index is 1120. The molecule has 0 radical (unpaired) electrons. The Balaban J connectivity index is 1.43. The highest BCUT2D eigenvalue weighted by atomic mass is 32.2. The number of rotatable bonds is 8. The van der Waals surface area contributed by atoms with E-state index in [9.17, 15) is 13.2 Å². The first-order valence-corrected chi connectivity index (χ1v) is 11.0. The maximum Gasteiger partial charge on any atom is 0.261 e. The van der Waals surface area contributed by atoms with Crippen LogP contribution in [0.25, 0.3) is 0 Å². The zero-order valence-electron chi connectivity index (χ0n) is 16.4. The van der Waals surface area contributed by atoms with Crippen LogP contribution in [0.15, 0.2) is 76.2 Å². The molecule has 1 heterocycles. The van der Waals surface area contributed by atoms with Gasteiger partial charge in [0.1, 0.15) is 11.5 Å². The molecule has 1 amide bonds. The molecule has 7 nitrogen and oxygen atoms in total. The lowest BCUT2D eigenvalue weighted by atomic mass is 9.95. The van der Waals surface area contributed by atoms with Crippen LogP contribution in [0, 0.1) is 0 Å². The predicted molar refractivity (Wildman–Crippen MR) is 112 cm³/mol. The van der Waals surface area contributed by atoms with E-state index >= 15 is 0 Å². The summed E-state index contributed by atoms with van der Waals surface area (Å²) < 4.78 is 38.0. The van der Waals surface area contributed by atoms with E-state index < -0.39 is 15.4 Å². The second kappa shape index (κ2) is 7.87. The summed E-state index contributed by atoms with van der Waals surface area (Å²) in [6.07, 6.45) is 3.09. The van der Waals surface area contributed by atoms with Gasteiger partial charge in [0.2, 0.25) is 5.91 Å². The summed E-state index contributed by atoms with van der Waals surface area (Å²) in [6, 6.07) is 16.7. The van der Waals surface area contributed by atoms with Gasteiger partial charge in [-0.25, -0.2) is 8.42 Å². The molecule has 1 saturated carbocycles. The quantitative estimate of drug-likeness (QED) is 0.575. The molecule has 156 valence electrons. The molecule has 4 rings (SSSR count). The van der Waals surface area contributed by atoms with Gasteiger partial charge in [0.25, 0.3) is 10.0 Å². The van der Waals surface area contributed by atoms with Crippen molar-refractivity contribution in [2.75, 3.05) is 11.8 Å². The van der Waals surface area contributed by atoms with Crippen LogP contribution in [0.1, 0.15) is 24.2 Å². The number of hydrogen-bond donors (Lipinski definition) is 2. The lowest BCUT2D eigenvalue weighted by Gasteiger charge is -2.16. The molecular weight excluding hydrogens is 404 g/mol. The second-order valence-electron chi connectivity index (χ2n) is 7.20. The van der Waals surface area contributed by atoms with Crippen molar-refractivity contribution in [3.63, 3.8) is 0 Å². The highest BCUT2D eigenvalue weighted by Gasteiger charge is 2.51. The third-order valence-corrected chi connectivity index (χ3v) is 6.64. The van der Waals surface area contributed by atoms with Crippen molar-refractivity contribution in [1.82, 2.24) is 5.32 Å². The highest BCUT2D eigenvalue weighted by molar-refractivity contribution is 7.92. The van der Waals surface area contributed by atoms with Crippen LogP contribution in [0.2, 0.25) is 0 Å². The third-order valence-electron chi connectivity index (χ3n) is 5.25. The summed E-state index contributed by atoms with van der Waals surface area (Å²) in [5.41, 5.74) is 0.744. The van der Waals surface area contributed by atoms with Gasteiger partial charge in [0.05, 0.1) is 30.2 Å². The zero-order chi connectivity index (χ0) is 21.2. The van der Waals surface area contributed by atoms with E-state index in [1.54, 1.807) is 48.7 Å². The Morgan fingerprint density at radius 1 is 1.07 bits per heavy atom. The standard InChI is InChI=1S/C22H22N2O5S/c1-28-18-8-10-20(11-9-18)30(26,27)24-17-6-4-16(5-7-17)22(12-13-22)21(25)23-15-19-3-2-14-29-19/h2-11,14,24H,12-13,15H2,1H3,(H,23,25). The first-order chi connectivity index (χ1) is 14.4. The van der Waals surface area contributed by atoms with Crippen LogP contribution in [0.5, 0.6) is 5.75 Å². The van der Waals surface area contributed by atoms with E-state index in [4.69, 9.17) is 9.15 Å². The summed E-state index contributed by atoms with van der Waals surface area (Å²) in [4.78, 5) is 12.8. The zero-order valence-corrected chi connectivity index (χ0v) is 17.2. The maximum atomic E-state index is 12.7. The molecule has 0 saturated heterocycles. The smallest absolute Gasteiger partial charge is 0.261 e. The molecule has 1 aliphatic rings. The number of amides is 1. The number of hydrogen-bond acceptors (Lipinski definition) is 5. The number of carbonyl (C=O) groups excluding carboxylic acids is 1. The monoisotopic (exact) mass is 426 g/mol. The van der Waals surface area contributed by atoms with Gasteiger partial charge in [0, 0.05) is 5.69 Å². The number of benzene rings is 2. The van der Waals surface area contributed by atoms with E-state index in [2.05, 4.69) is 10.0 Å². The van der Waals surface area contributed by atoms with E-state index in [1.807, 2.05) is 6.07 Å². The van der Waals surface area contributed by atoms with Gasteiger partial charge in [0.15, 0.2) is 0 Å². The van der Waals surface area contributed by atoms with E-state index in [-0.39, 0.29) is 10.8 Å². The van der Waals surface area contributed by atoms with E-state index in [1.165, 1.54) is 19.2 Å². The average Bonchev–Trinajstić information content (AvgIpc) is 3.40. The van der Waals surface area contributed by atoms with Crippen LogP contribution in [-0.2, 0) is 26.8 Å². The molecule has 8 heteroatoms. The topological polar surface area (TPSA) is 97.6 Å². The SMILES string of the molecule is COc1ccc(S(=O)(=O)Nc2ccc(C3(C(=O)NCc4ccco4)CC3)cc2)cc1. The van der Waals surface area contributed by atoms with Gasteiger partial charge in [-0.1, -0.05) is 12.1 Å². The summed E-state index contributed by atoms with van der Waals surface area (Å²) in [7, 11) is -2.20. The Kier molecular flexibility index (Phi) is 5.26. The molecule has 0 spiro atoms. The van der Waals surface area contributed by atoms with Gasteiger partial charge in [-0.2, -0.15) is 0 Å². The van der Waals surface area contributed by atoms with Crippen LogP contribution in [0.3, 0.4) is 0 Å². The number of ether oxygens (including phenoxy) is 1. The van der Waals surface area contributed by atoms with Crippen LogP contribution < -0.4 is 14.8 Å². The van der Waals surface area contributed by atoms with Crippen LogP contribution >= 0.6 is 0 Å². The summed E-state index contributed by atoms with van der Waals surface area (Å²) >= 11 is 0. The Hall–Kier alpha value is -3.26. The molecule has 2 aromatic carbocycles. The number of carbonyl (C=O) groups is 1. The van der Waals surface area contributed by atoms with Gasteiger partial charge >= 0.3 is 0 Å². The normalized spacial score (nSPS) is 14.7. The molecule has 0 aliphatic heterocycles. The number of anilines is 1.